The van der Waals surface area contributed by atoms with Gasteiger partial charge >= 0.3 is 5.97 Å². The highest BCUT2D eigenvalue weighted by molar-refractivity contribution is 5.90. The first-order chi connectivity index (χ1) is 10.0. The Balaban J connectivity index is 1.57. The van der Waals surface area contributed by atoms with Crippen LogP contribution in [-0.2, 0) is 14.4 Å². The highest BCUT2D eigenvalue weighted by atomic mass is 16.4. The van der Waals surface area contributed by atoms with Crippen LogP contribution in [0, 0.1) is 11.3 Å². The van der Waals surface area contributed by atoms with E-state index in [1.165, 1.54) is 0 Å². The minimum absolute atomic E-state index is 0.101. The van der Waals surface area contributed by atoms with Crippen molar-refractivity contribution in [2.75, 3.05) is 13.1 Å². The van der Waals surface area contributed by atoms with Crippen molar-refractivity contribution in [3.8, 4) is 0 Å². The number of carboxylic acid groups (broad SMARTS) is 1. The summed E-state index contributed by atoms with van der Waals surface area (Å²) in [6.45, 7) is 0.834. The Labute approximate surface area is 123 Å². The fourth-order valence-corrected chi connectivity index (χ4v) is 3.31. The first-order valence-electron chi connectivity index (χ1n) is 7.85. The number of hydrogen-bond acceptors (Lipinski definition) is 3. The lowest BCUT2D eigenvalue weighted by molar-refractivity contribution is -0.154. The van der Waals surface area contributed by atoms with E-state index in [2.05, 4.69) is 5.32 Å². The van der Waals surface area contributed by atoms with Gasteiger partial charge in [0.25, 0.3) is 0 Å². The van der Waals surface area contributed by atoms with Crippen LogP contribution in [-0.4, -0.2) is 46.9 Å². The van der Waals surface area contributed by atoms with E-state index in [1.807, 2.05) is 0 Å². The summed E-state index contributed by atoms with van der Waals surface area (Å²) in [7, 11) is 0. The van der Waals surface area contributed by atoms with Crippen molar-refractivity contribution < 1.29 is 19.5 Å². The molecule has 116 valence electrons. The normalized spacial score (nSPS) is 27.0. The van der Waals surface area contributed by atoms with Crippen molar-refractivity contribution >= 4 is 17.8 Å². The topological polar surface area (TPSA) is 86.7 Å². The summed E-state index contributed by atoms with van der Waals surface area (Å²) in [5, 5.41) is 12.0. The number of carbonyl (C=O) groups excluding carboxylic acids is 2. The third-order valence-corrected chi connectivity index (χ3v) is 5.13. The number of aliphatic carboxylic acids is 1. The summed E-state index contributed by atoms with van der Waals surface area (Å²) >= 11 is 0. The van der Waals surface area contributed by atoms with Crippen molar-refractivity contribution in [3.05, 3.63) is 0 Å². The predicted octanol–water partition coefficient (Wildman–Crippen LogP) is 0.758. The smallest absolute Gasteiger partial charge is 0.311 e. The minimum atomic E-state index is -0.827. The largest absolute Gasteiger partial charge is 0.481 e. The van der Waals surface area contributed by atoms with E-state index < -0.39 is 17.4 Å². The van der Waals surface area contributed by atoms with Gasteiger partial charge in [-0.15, -0.1) is 0 Å². The Morgan fingerprint density at radius 3 is 2.38 bits per heavy atom. The van der Waals surface area contributed by atoms with Crippen LogP contribution in [0.2, 0.25) is 0 Å². The standard InChI is InChI=1S/C15H22N2O4/c18-12(16-9-15(14(20)21)6-2-7-15)11-3-1-8-17(11)13(19)10-4-5-10/h10-11H,1-9H2,(H,16,18)(H,20,21). The second-order valence-electron chi connectivity index (χ2n) is 6.62. The van der Waals surface area contributed by atoms with Gasteiger partial charge in [0.2, 0.25) is 11.8 Å². The molecule has 0 aromatic heterocycles. The van der Waals surface area contributed by atoms with Crippen molar-refractivity contribution in [2.45, 2.75) is 51.0 Å². The minimum Gasteiger partial charge on any atom is -0.481 e. The SMILES string of the molecule is O=C(NCC1(C(=O)O)CCC1)C1CCCN1C(=O)C1CC1. The Hall–Kier alpha value is -1.59. The van der Waals surface area contributed by atoms with Gasteiger partial charge in [-0.3, -0.25) is 14.4 Å². The summed E-state index contributed by atoms with van der Waals surface area (Å²) in [5.41, 5.74) is -0.778. The maximum absolute atomic E-state index is 12.3. The molecule has 3 rings (SSSR count). The fraction of sp³-hybridized carbons (Fsp3) is 0.800. The molecule has 1 atom stereocenters. The number of likely N-dealkylation sites (tertiary alicyclic amines) is 1. The van der Waals surface area contributed by atoms with E-state index in [9.17, 15) is 19.5 Å². The number of rotatable bonds is 5. The van der Waals surface area contributed by atoms with E-state index >= 15 is 0 Å². The summed E-state index contributed by atoms with van der Waals surface area (Å²) in [6.07, 6.45) is 5.55. The van der Waals surface area contributed by atoms with Gasteiger partial charge in [0.15, 0.2) is 0 Å². The second kappa shape index (κ2) is 5.31. The number of carbonyl (C=O) groups is 3. The molecule has 1 unspecified atom stereocenters. The van der Waals surface area contributed by atoms with Crippen LogP contribution < -0.4 is 5.32 Å². The van der Waals surface area contributed by atoms with Crippen molar-refractivity contribution in [2.24, 2.45) is 11.3 Å². The third kappa shape index (κ3) is 2.63. The molecule has 3 fully saturated rings. The molecule has 0 spiro atoms. The van der Waals surface area contributed by atoms with Crippen molar-refractivity contribution in [3.63, 3.8) is 0 Å². The number of amides is 2. The molecule has 21 heavy (non-hydrogen) atoms. The highest BCUT2D eigenvalue weighted by Gasteiger charge is 2.46. The van der Waals surface area contributed by atoms with Crippen molar-refractivity contribution in [1.82, 2.24) is 10.2 Å². The third-order valence-electron chi connectivity index (χ3n) is 5.13. The van der Waals surface area contributed by atoms with Crippen LogP contribution in [0.3, 0.4) is 0 Å². The van der Waals surface area contributed by atoms with Gasteiger partial charge in [0.05, 0.1) is 5.41 Å². The number of carboxylic acids is 1. The van der Waals surface area contributed by atoms with Gasteiger partial charge < -0.3 is 15.3 Å². The van der Waals surface area contributed by atoms with Gasteiger partial charge in [-0.25, -0.2) is 0 Å². The molecule has 2 saturated carbocycles. The van der Waals surface area contributed by atoms with Gasteiger partial charge in [-0.05, 0) is 38.5 Å². The average Bonchev–Trinajstić information content (AvgIpc) is 3.13. The van der Waals surface area contributed by atoms with Crippen LogP contribution >= 0.6 is 0 Å². The molecule has 1 saturated heterocycles. The van der Waals surface area contributed by atoms with Gasteiger partial charge in [0, 0.05) is 19.0 Å². The summed E-state index contributed by atoms with van der Waals surface area (Å²) in [6, 6.07) is -0.399. The number of nitrogens with one attached hydrogen (secondary N) is 1. The van der Waals surface area contributed by atoms with E-state index in [4.69, 9.17) is 0 Å². The van der Waals surface area contributed by atoms with Gasteiger partial charge in [0.1, 0.15) is 6.04 Å². The Kier molecular flexibility index (Phi) is 3.63. The lowest BCUT2D eigenvalue weighted by atomic mass is 9.69. The molecule has 0 bridgehead atoms. The van der Waals surface area contributed by atoms with Crippen LogP contribution in [0.5, 0.6) is 0 Å². The van der Waals surface area contributed by atoms with Crippen LogP contribution in [0.15, 0.2) is 0 Å². The first kappa shape index (κ1) is 14.4. The molecular formula is C15H22N2O4. The maximum atomic E-state index is 12.3. The van der Waals surface area contributed by atoms with Crippen LogP contribution in [0.4, 0.5) is 0 Å². The Morgan fingerprint density at radius 2 is 1.86 bits per heavy atom. The second-order valence-corrected chi connectivity index (χ2v) is 6.62. The lowest BCUT2D eigenvalue weighted by Crippen LogP contribution is -2.52. The van der Waals surface area contributed by atoms with E-state index in [-0.39, 0.29) is 24.3 Å². The summed E-state index contributed by atoms with van der Waals surface area (Å²) in [5.74, 6) is -0.792. The monoisotopic (exact) mass is 294 g/mol. The number of hydrogen-bond donors (Lipinski definition) is 2. The van der Waals surface area contributed by atoms with Crippen molar-refractivity contribution in [1.29, 1.82) is 0 Å². The zero-order chi connectivity index (χ0) is 15.0. The molecule has 1 heterocycles. The van der Waals surface area contributed by atoms with E-state index in [1.54, 1.807) is 4.90 Å². The lowest BCUT2D eigenvalue weighted by Gasteiger charge is -2.38. The van der Waals surface area contributed by atoms with Gasteiger partial charge in [-0.2, -0.15) is 0 Å². The zero-order valence-corrected chi connectivity index (χ0v) is 12.1. The van der Waals surface area contributed by atoms with E-state index in [0.29, 0.717) is 25.8 Å². The first-order valence-corrected chi connectivity index (χ1v) is 7.85. The number of nitrogens with zero attached hydrogens (tertiary/aromatic N) is 1. The molecule has 2 aliphatic carbocycles. The molecule has 0 radical (unpaired) electrons. The molecule has 3 aliphatic rings. The fourth-order valence-electron chi connectivity index (χ4n) is 3.31. The molecule has 1 aliphatic heterocycles. The molecule has 0 aromatic rings. The summed E-state index contributed by atoms with van der Waals surface area (Å²) in [4.78, 5) is 37.5. The molecule has 6 heteroatoms. The van der Waals surface area contributed by atoms with E-state index in [0.717, 1.165) is 25.7 Å². The maximum Gasteiger partial charge on any atom is 0.311 e. The molecular weight excluding hydrogens is 272 g/mol. The Bertz CT molecular complexity index is 468. The van der Waals surface area contributed by atoms with Crippen LogP contribution in [0.1, 0.15) is 44.9 Å². The van der Waals surface area contributed by atoms with Gasteiger partial charge in [-0.1, -0.05) is 6.42 Å². The van der Waals surface area contributed by atoms with Crippen LogP contribution in [0.25, 0.3) is 0 Å². The molecule has 2 amide bonds. The predicted molar refractivity (Wildman–Crippen MR) is 74.4 cm³/mol. The molecule has 0 aromatic carbocycles. The quantitative estimate of drug-likeness (QED) is 0.783. The summed E-state index contributed by atoms with van der Waals surface area (Å²) < 4.78 is 0. The zero-order valence-electron chi connectivity index (χ0n) is 12.1. The Morgan fingerprint density at radius 1 is 1.14 bits per heavy atom. The average molecular weight is 294 g/mol. The highest BCUT2D eigenvalue weighted by Crippen LogP contribution is 2.40. The molecule has 6 nitrogen and oxygen atoms in total. The molecule has 2 N–H and O–H groups in total.